The summed E-state index contributed by atoms with van der Waals surface area (Å²) in [4.78, 5) is 28.2. The van der Waals surface area contributed by atoms with E-state index < -0.39 is 36.0 Å². The highest BCUT2D eigenvalue weighted by molar-refractivity contribution is 6.18. The number of hydrogen-bond donors (Lipinski definition) is 2. The SMILES string of the molecule is O=C(NCC1(CCl)CCN(C(=O)OCc2ccc(OC(F)(F)F)cc2F)CC1)N1CCc2n[nH]nc2C1. The van der Waals surface area contributed by atoms with Crippen molar-refractivity contribution in [2.45, 2.75) is 38.8 Å². The first-order valence-corrected chi connectivity index (χ1v) is 12.0. The summed E-state index contributed by atoms with van der Waals surface area (Å²) in [5, 5.41) is 13.6. The van der Waals surface area contributed by atoms with Crippen LogP contribution in [0.15, 0.2) is 18.2 Å². The lowest BCUT2D eigenvalue weighted by molar-refractivity contribution is -0.274. The molecule has 0 spiro atoms. The van der Waals surface area contributed by atoms with Gasteiger partial charge in [0.2, 0.25) is 0 Å². The van der Waals surface area contributed by atoms with Gasteiger partial charge in [-0.1, -0.05) is 0 Å². The van der Waals surface area contributed by atoms with Crippen molar-refractivity contribution in [2.75, 3.05) is 32.1 Å². The number of benzene rings is 1. The van der Waals surface area contributed by atoms with E-state index in [1.54, 1.807) is 4.90 Å². The summed E-state index contributed by atoms with van der Waals surface area (Å²) in [6.07, 6.45) is -3.98. The highest BCUT2D eigenvalue weighted by atomic mass is 35.5. The van der Waals surface area contributed by atoms with Gasteiger partial charge in [-0.15, -0.1) is 24.8 Å². The number of nitrogens with zero attached hydrogens (tertiary/aromatic N) is 4. The summed E-state index contributed by atoms with van der Waals surface area (Å²) in [7, 11) is 0. The van der Waals surface area contributed by atoms with Gasteiger partial charge in [-0.2, -0.15) is 15.4 Å². The number of H-pyrrole nitrogens is 1. The average Bonchev–Trinajstić information content (AvgIpc) is 3.34. The number of nitrogens with one attached hydrogen (secondary N) is 2. The second-order valence-electron chi connectivity index (χ2n) is 9.02. The van der Waals surface area contributed by atoms with Gasteiger partial charge in [-0.25, -0.2) is 14.0 Å². The van der Waals surface area contributed by atoms with Crippen LogP contribution in [0, 0.1) is 11.2 Å². The van der Waals surface area contributed by atoms with Gasteiger partial charge in [0.1, 0.15) is 23.9 Å². The number of aromatic nitrogens is 3. The molecule has 3 heterocycles. The molecule has 1 saturated heterocycles. The number of carbonyl (C=O) groups is 2. The van der Waals surface area contributed by atoms with Crippen LogP contribution in [-0.4, -0.2) is 75.8 Å². The number of alkyl halides is 4. The maximum atomic E-state index is 14.1. The number of amides is 3. The Kier molecular flexibility index (Phi) is 7.95. The Hall–Kier alpha value is -3.29. The molecule has 2 aliphatic rings. The summed E-state index contributed by atoms with van der Waals surface area (Å²) in [6.45, 7) is 1.40. The lowest BCUT2D eigenvalue weighted by Gasteiger charge is -2.40. The van der Waals surface area contributed by atoms with Gasteiger partial charge in [-0.3, -0.25) is 0 Å². The summed E-state index contributed by atoms with van der Waals surface area (Å²) in [5.74, 6) is -1.41. The number of halogens is 5. The number of rotatable bonds is 6. The fourth-order valence-corrected chi connectivity index (χ4v) is 4.61. The molecule has 1 aromatic carbocycles. The largest absolute Gasteiger partial charge is 0.573 e. The zero-order valence-electron chi connectivity index (χ0n) is 19.6. The molecule has 0 saturated carbocycles. The smallest absolute Gasteiger partial charge is 0.444 e. The Bertz CT molecular complexity index is 1120. The zero-order chi connectivity index (χ0) is 26.6. The number of urea groups is 1. The van der Waals surface area contributed by atoms with Crippen molar-refractivity contribution in [3.05, 3.63) is 41.0 Å². The Morgan fingerprint density at radius 2 is 1.86 bits per heavy atom. The molecule has 0 unspecified atom stereocenters. The molecule has 2 aliphatic heterocycles. The topological polar surface area (TPSA) is 113 Å². The Morgan fingerprint density at radius 1 is 1.14 bits per heavy atom. The molecule has 202 valence electrons. The van der Waals surface area contributed by atoms with Gasteiger partial charge in [0.05, 0.1) is 12.2 Å². The molecule has 37 heavy (non-hydrogen) atoms. The first-order valence-electron chi connectivity index (χ1n) is 11.5. The van der Waals surface area contributed by atoms with E-state index in [0.717, 1.165) is 23.5 Å². The highest BCUT2D eigenvalue weighted by Crippen LogP contribution is 2.33. The van der Waals surface area contributed by atoms with Crippen molar-refractivity contribution in [3.8, 4) is 5.75 Å². The summed E-state index contributed by atoms with van der Waals surface area (Å²) < 4.78 is 59.7. The van der Waals surface area contributed by atoms with Gasteiger partial charge in [0, 0.05) is 55.5 Å². The van der Waals surface area contributed by atoms with Crippen LogP contribution in [0.5, 0.6) is 5.75 Å². The van der Waals surface area contributed by atoms with Crippen LogP contribution < -0.4 is 10.1 Å². The lowest BCUT2D eigenvalue weighted by atomic mass is 9.80. The summed E-state index contributed by atoms with van der Waals surface area (Å²) >= 11 is 6.25. The highest BCUT2D eigenvalue weighted by Gasteiger charge is 2.37. The predicted octanol–water partition coefficient (Wildman–Crippen LogP) is 3.57. The number of aromatic amines is 1. The zero-order valence-corrected chi connectivity index (χ0v) is 20.4. The van der Waals surface area contributed by atoms with Crippen LogP contribution in [0.4, 0.5) is 27.2 Å². The standard InChI is InChI=1S/C22H25ClF4N6O4/c23-12-21(13-28-19(34)33-6-3-17-18(10-33)30-31-29-17)4-7-32(8-5-21)20(35)36-11-14-1-2-15(9-16(14)24)37-22(25,26)27/h1-2,9H,3-8,10-13H2,(H,28,34)(H,29,30,31). The van der Waals surface area contributed by atoms with Crippen molar-refractivity contribution in [3.63, 3.8) is 0 Å². The van der Waals surface area contributed by atoms with E-state index in [1.165, 1.54) is 4.90 Å². The van der Waals surface area contributed by atoms with Crippen LogP contribution in [-0.2, 0) is 24.3 Å². The van der Waals surface area contributed by atoms with E-state index in [4.69, 9.17) is 16.3 Å². The number of fused-ring (bicyclic) bond motifs is 1. The molecule has 0 bridgehead atoms. The monoisotopic (exact) mass is 548 g/mol. The Morgan fingerprint density at radius 3 is 2.54 bits per heavy atom. The van der Waals surface area contributed by atoms with Gasteiger partial charge >= 0.3 is 18.5 Å². The van der Waals surface area contributed by atoms with Crippen LogP contribution in [0.2, 0.25) is 0 Å². The summed E-state index contributed by atoms with van der Waals surface area (Å²) in [5.41, 5.74) is 1.10. The minimum absolute atomic E-state index is 0.0897. The van der Waals surface area contributed by atoms with Gasteiger partial charge in [0.25, 0.3) is 0 Å². The van der Waals surface area contributed by atoms with Crippen LogP contribution in [0.25, 0.3) is 0 Å². The second kappa shape index (κ2) is 11.0. The summed E-state index contributed by atoms with van der Waals surface area (Å²) in [6, 6.07) is 2.36. The molecule has 1 fully saturated rings. The Labute approximate surface area is 214 Å². The molecule has 15 heteroatoms. The molecular formula is C22H25ClF4N6O4. The fourth-order valence-electron chi connectivity index (χ4n) is 4.24. The molecule has 2 N–H and O–H groups in total. The minimum atomic E-state index is -4.94. The molecular weight excluding hydrogens is 524 g/mol. The normalized spacial score (nSPS) is 17.2. The van der Waals surface area contributed by atoms with Crippen molar-refractivity contribution in [1.29, 1.82) is 0 Å². The van der Waals surface area contributed by atoms with Crippen molar-refractivity contribution >= 4 is 23.7 Å². The van der Waals surface area contributed by atoms with Crippen molar-refractivity contribution in [2.24, 2.45) is 5.41 Å². The predicted molar refractivity (Wildman–Crippen MR) is 121 cm³/mol. The maximum Gasteiger partial charge on any atom is 0.573 e. The quantitative estimate of drug-likeness (QED) is 0.422. The number of ether oxygens (including phenoxy) is 2. The van der Waals surface area contributed by atoms with E-state index in [2.05, 4.69) is 25.5 Å². The number of hydrogen-bond acceptors (Lipinski definition) is 6. The van der Waals surface area contributed by atoms with Crippen molar-refractivity contribution in [1.82, 2.24) is 30.5 Å². The number of carbonyl (C=O) groups excluding carboxylic acids is 2. The first kappa shape index (κ1) is 26.8. The average molecular weight is 549 g/mol. The lowest BCUT2D eigenvalue weighted by Crippen LogP contribution is -2.51. The fraction of sp³-hybridized carbons (Fsp3) is 0.545. The van der Waals surface area contributed by atoms with E-state index in [1.807, 2.05) is 0 Å². The van der Waals surface area contributed by atoms with E-state index in [9.17, 15) is 27.2 Å². The molecule has 2 aromatic rings. The third-order valence-corrected chi connectivity index (χ3v) is 7.11. The molecule has 1 aromatic heterocycles. The first-order chi connectivity index (χ1) is 17.6. The van der Waals surface area contributed by atoms with Gasteiger partial charge < -0.3 is 24.6 Å². The molecule has 3 amide bonds. The van der Waals surface area contributed by atoms with E-state index in [-0.39, 0.29) is 17.5 Å². The third-order valence-electron chi connectivity index (χ3n) is 6.54. The second-order valence-corrected chi connectivity index (χ2v) is 9.29. The van der Waals surface area contributed by atoms with Crippen LogP contribution in [0.1, 0.15) is 29.8 Å². The third kappa shape index (κ3) is 6.73. The molecule has 4 rings (SSSR count). The minimum Gasteiger partial charge on any atom is -0.444 e. The molecule has 0 atom stereocenters. The molecule has 0 aliphatic carbocycles. The van der Waals surface area contributed by atoms with Gasteiger partial charge in [-0.05, 0) is 25.0 Å². The molecule has 0 radical (unpaired) electrons. The maximum absolute atomic E-state index is 14.1. The van der Waals surface area contributed by atoms with Crippen molar-refractivity contribution < 1.29 is 36.6 Å². The number of likely N-dealkylation sites (tertiary alicyclic amines) is 1. The Balaban J connectivity index is 1.23. The van der Waals surface area contributed by atoms with E-state index >= 15 is 0 Å². The van der Waals surface area contributed by atoms with E-state index in [0.29, 0.717) is 58.1 Å². The van der Waals surface area contributed by atoms with Crippen LogP contribution >= 0.6 is 11.6 Å². The van der Waals surface area contributed by atoms with Crippen LogP contribution in [0.3, 0.4) is 0 Å². The molecule has 10 nitrogen and oxygen atoms in total. The number of piperidine rings is 1. The van der Waals surface area contributed by atoms with Gasteiger partial charge in [0.15, 0.2) is 0 Å².